The molecule has 2 rings (SSSR count). The molecule has 1 aliphatic carbocycles. The molecule has 0 aromatic heterocycles. The number of hydrogen-bond acceptors (Lipinski definition) is 2. The second kappa shape index (κ2) is 5.26. The summed E-state index contributed by atoms with van der Waals surface area (Å²) in [6.45, 7) is 0. The zero-order valence-corrected chi connectivity index (χ0v) is 11.5. The Balaban J connectivity index is 2.39. The summed E-state index contributed by atoms with van der Waals surface area (Å²) in [5, 5.41) is 8.98. The van der Waals surface area contributed by atoms with Gasteiger partial charge in [0.1, 0.15) is 11.6 Å². The van der Waals surface area contributed by atoms with Crippen molar-refractivity contribution in [3.05, 3.63) is 28.0 Å². The van der Waals surface area contributed by atoms with Crippen LogP contribution < -0.4 is 4.74 Å². The molecule has 1 aromatic rings. The first-order valence-corrected chi connectivity index (χ1v) is 6.57. The van der Waals surface area contributed by atoms with Gasteiger partial charge in [0.05, 0.1) is 18.0 Å². The molecule has 1 aromatic carbocycles. The Labute approximate surface area is 113 Å². The standard InChI is InChI=1S/C13H14BrFO3/c1-18-12-6-11(15)10(14)4-9(12)8(5-13(16)17)7-2-3-7/h4,6-8H,2-3,5H2,1H3,(H,16,17). The number of carboxylic acids is 1. The molecule has 18 heavy (non-hydrogen) atoms. The molecule has 0 radical (unpaired) electrons. The van der Waals surface area contributed by atoms with Crippen LogP contribution in [0.3, 0.4) is 0 Å². The van der Waals surface area contributed by atoms with Crippen molar-refractivity contribution in [3.63, 3.8) is 0 Å². The molecule has 0 saturated heterocycles. The molecule has 0 aliphatic heterocycles. The minimum Gasteiger partial charge on any atom is -0.496 e. The maximum Gasteiger partial charge on any atom is 0.303 e. The van der Waals surface area contributed by atoms with Crippen molar-refractivity contribution < 1.29 is 19.0 Å². The second-order valence-electron chi connectivity index (χ2n) is 4.55. The Morgan fingerprint density at radius 2 is 2.28 bits per heavy atom. The number of hydrogen-bond donors (Lipinski definition) is 1. The SMILES string of the molecule is COc1cc(F)c(Br)cc1C(CC(=O)O)C1CC1. The van der Waals surface area contributed by atoms with Crippen molar-refractivity contribution in [1.29, 1.82) is 0 Å². The van der Waals surface area contributed by atoms with E-state index in [-0.39, 0.29) is 12.3 Å². The molecule has 1 N–H and O–H groups in total. The number of aliphatic carboxylic acids is 1. The highest BCUT2D eigenvalue weighted by Gasteiger charge is 2.35. The lowest BCUT2D eigenvalue weighted by Crippen LogP contribution is -2.10. The third-order valence-corrected chi connectivity index (χ3v) is 3.87. The third kappa shape index (κ3) is 2.83. The van der Waals surface area contributed by atoms with E-state index in [0.29, 0.717) is 16.1 Å². The van der Waals surface area contributed by atoms with Crippen LogP contribution in [0.1, 0.15) is 30.7 Å². The van der Waals surface area contributed by atoms with Gasteiger partial charge in [-0.2, -0.15) is 0 Å². The molecule has 5 heteroatoms. The first-order valence-electron chi connectivity index (χ1n) is 5.77. The maximum absolute atomic E-state index is 13.4. The van der Waals surface area contributed by atoms with Gasteiger partial charge in [0.15, 0.2) is 0 Å². The van der Waals surface area contributed by atoms with Crippen molar-refractivity contribution in [2.45, 2.75) is 25.2 Å². The van der Waals surface area contributed by atoms with Crippen molar-refractivity contribution in [2.75, 3.05) is 7.11 Å². The summed E-state index contributed by atoms with van der Waals surface area (Å²) in [7, 11) is 1.47. The van der Waals surface area contributed by atoms with Gasteiger partial charge in [0.2, 0.25) is 0 Å². The molecule has 1 unspecified atom stereocenters. The quantitative estimate of drug-likeness (QED) is 0.903. The van der Waals surface area contributed by atoms with Gasteiger partial charge < -0.3 is 9.84 Å². The minimum atomic E-state index is -0.839. The summed E-state index contributed by atoms with van der Waals surface area (Å²) in [6, 6.07) is 2.94. The molecular formula is C13H14BrFO3. The van der Waals surface area contributed by atoms with Crippen LogP contribution in [0, 0.1) is 11.7 Å². The maximum atomic E-state index is 13.4. The lowest BCUT2D eigenvalue weighted by atomic mass is 9.90. The van der Waals surface area contributed by atoms with Gasteiger partial charge in [-0.3, -0.25) is 4.79 Å². The van der Waals surface area contributed by atoms with E-state index in [1.54, 1.807) is 6.07 Å². The first kappa shape index (κ1) is 13.3. The zero-order valence-electron chi connectivity index (χ0n) is 9.95. The summed E-state index contributed by atoms with van der Waals surface area (Å²) in [6.07, 6.45) is 2.10. The molecule has 1 atom stereocenters. The topological polar surface area (TPSA) is 46.5 Å². The van der Waals surface area contributed by atoms with Crippen LogP contribution >= 0.6 is 15.9 Å². The summed E-state index contributed by atoms with van der Waals surface area (Å²) in [5.74, 6) is -0.551. The van der Waals surface area contributed by atoms with E-state index in [1.807, 2.05) is 0 Å². The van der Waals surface area contributed by atoms with Crippen LogP contribution in [0.15, 0.2) is 16.6 Å². The number of ether oxygens (including phenoxy) is 1. The lowest BCUT2D eigenvalue weighted by molar-refractivity contribution is -0.137. The molecule has 0 bridgehead atoms. The van der Waals surface area contributed by atoms with Crippen molar-refractivity contribution in [1.82, 2.24) is 0 Å². The molecule has 0 amide bonds. The van der Waals surface area contributed by atoms with Crippen molar-refractivity contribution >= 4 is 21.9 Å². The van der Waals surface area contributed by atoms with Crippen molar-refractivity contribution in [2.24, 2.45) is 5.92 Å². The fourth-order valence-electron chi connectivity index (χ4n) is 2.23. The van der Waals surface area contributed by atoms with E-state index in [2.05, 4.69) is 15.9 Å². The van der Waals surface area contributed by atoms with E-state index in [0.717, 1.165) is 18.4 Å². The lowest BCUT2D eigenvalue weighted by Gasteiger charge is -2.18. The smallest absolute Gasteiger partial charge is 0.303 e. The van der Waals surface area contributed by atoms with E-state index < -0.39 is 11.8 Å². The van der Waals surface area contributed by atoms with Gasteiger partial charge in [-0.25, -0.2) is 4.39 Å². The predicted molar refractivity (Wildman–Crippen MR) is 68.4 cm³/mol. The summed E-state index contributed by atoms with van der Waals surface area (Å²) in [5.41, 5.74) is 0.774. The Morgan fingerprint density at radius 3 is 2.78 bits per heavy atom. The van der Waals surface area contributed by atoms with E-state index in [9.17, 15) is 9.18 Å². The molecule has 1 saturated carbocycles. The van der Waals surface area contributed by atoms with Crippen LogP contribution in [0.25, 0.3) is 0 Å². The van der Waals surface area contributed by atoms with E-state index in [4.69, 9.17) is 9.84 Å². The Morgan fingerprint density at radius 1 is 1.61 bits per heavy atom. The molecule has 0 heterocycles. The number of methoxy groups -OCH3 is 1. The van der Waals surface area contributed by atoms with Crippen LogP contribution in [-0.4, -0.2) is 18.2 Å². The number of rotatable bonds is 5. The molecule has 1 fully saturated rings. The fraction of sp³-hybridized carbons (Fsp3) is 0.462. The average molecular weight is 317 g/mol. The van der Waals surface area contributed by atoms with Gasteiger partial charge in [0.25, 0.3) is 0 Å². The van der Waals surface area contributed by atoms with Gasteiger partial charge in [-0.05, 0) is 46.3 Å². The van der Waals surface area contributed by atoms with Crippen LogP contribution in [0.2, 0.25) is 0 Å². The number of carbonyl (C=O) groups is 1. The van der Waals surface area contributed by atoms with Crippen molar-refractivity contribution in [3.8, 4) is 5.75 Å². The first-order chi connectivity index (χ1) is 8.52. The molecule has 98 valence electrons. The second-order valence-corrected chi connectivity index (χ2v) is 5.40. The minimum absolute atomic E-state index is 0.0547. The van der Waals surface area contributed by atoms with Crippen LogP contribution in [-0.2, 0) is 4.79 Å². The molecular weight excluding hydrogens is 303 g/mol. The van der Waals surface area contributed by atoms with Crippen LogP contribution in [0.4, 0.5) is 4.39 Å². The summed E-state index contributed by atoms with van der Waals surface area (Å²) < 4.78 is 19.0. The molecule has 3 nitrogen and oxygen atoms in total. The zero-order chi connectivity index (χ0) is 13.3. The Bertz CT molecular complexity index is 472. The van der Waals surface area contributed by atoms with Gasteiger partial charge in [0, 0.05) is 12.0 Å². The molecule has 1 aliphatic rings. The van der Waals surface area contributed by atoms with E-state index >= 15 is 0 Å². The normalized spacial score (nSPS) is 16.4. The average Bonchev–Trinajstić information content (AvgIpc) is 3.13. The van der Waals surface area contributed by atoms with Crippen LogP contribution in [0.5, 0.6) is 5.75 Å². The Hall–Kier alpha value is -1.10. The van der Waals surface area contributed by atoms with E-state index in [1.165, 1.54) is 13.2 Å². The highest BCUT2D eigenvalue weighted by Crippen LogP contribution is 2.47. The van der Waals surface area contributed by atoms with Gasteiger partial charge in [-0.1, -0.05) is 0 Å². The van der Waals surface area contributed by atoms with Gasteiger partial charge >= 0.3 is 5.97 Å². The fourth-order valence-corrected chi connectivity index (χ4v) is 2.59. The number of halogens is 2. The number of benzene rings is 1. The molecule has 0 spiro atoms. The largest absolute Gasteiger partial charge is 0.496 e. The van der Waals surface area contributed by atoms with Gasteiger partial charge in [-0.15, -0.1) is 0 Å². The highest BCUT2D eigenvalue weighted by atomic mass is 79.9. The Kier molecular flexibility index (Phi) is 3.90. The monoisotopic (exact) mass is 316 g/mol. The number of carboxylic acid groups (broad SMARTS) is 1. The predicted octanol–water partition coefficient (Wildman–Crippen LogP) is 3.57. The summed E-state index contributed by atoms with van der Waals surface area (Å²) >= 11 is 3.14. The summed E-state index contributed by atoms with van der Waals surface area (Å²) in [4.78, 5) is 10.9. The highest BCUT2D eigenvalue weighted by molar-refractivity contribution is 9.10. The third-order valence-electron chi connectivity index (χ3n) is 3.26.